The minimum Gasteiger partial charge on any atom is -0.340 e. The Balaban J connectivity index is 4.20. The Morgan fingerprint density at radius 3 is 2.06 bits per heavy atom. The summed E-state index contributed by atoms with van der Waals surface area (Å²) >= 11 is 0. The largest absolute Gasteiger partial charge is 0.340 e. The normalized spacial score (nSPS) is 14.8. The number of carbonyl (C=O) groups is 1. The third-order valence-corrected chi connectivity index (χ3v) is 3.34. The van der Waals surface area contributed by atoms with Crippen molar-refractivity contribution < 1.29 is 9.18 Å². The van der Waals surface area contributed by atoms with Crippen LogP contribution in [0.2, 0.25) is 0 Å². The van der Waals surface area contributed by atoms with E-state index >= 15 is 0 Å². The van der Waals surface area contributed by atoms with Crippen molar-refractivity contribution in [2.24, 2.45) is 11.8 Å². The Hall–Kier alpha value is -0.600. The molecule has 17 heavy (non-hydrogen) atoms. The van der Waals surface area contributed by atoms with Gasteiger partial charge < -0.3 is 4.90 Å². The van der Waals surface area contributed by atoms with Crippen LogP contribution in [0.25, 0.3) is 0 Å². The summed E-state index contributed by atoms with van der Waals surface area (Å²) in [4.78, 5) is 13.0. The first-order valence-corrected chi connectivity index (χ1v) is 6.80. The maximum Gasteiger partial charge on any atom is 0.219 e. The molecule has 0 aliphatic carbocycles. The maximum absolute atomic E-state index is 13.0. The van der Waals surface area contributed by atoms with E-state index in [1.54, 1.807) is 4.90 Å². The molecule has 0 rings (SSSR count). The molecule has 0 aromatic heterocycles. The molecule has 3 heteroatoms. The molecule has 0 N–H and O–H groups in total. The number of carbonyl (C=O) groups excluding carboxylic acids is 1. The summed E-state index contributed by atoms with van der Waals surface area (Å²) in [5.74, 6) is 1.15. The minimum atomic E-state index is -0.945. The van der Waals surface area contributed by atoms with Crippen molar-refractivity contribution in [1.82, 2.24) is 4.90 Å². The van der Waals surface area contributed by atoms with Gasteiger partial charge in [0.2, 0.25) is 5.91 Å². The number of hydrogen-bond donors (Lipinski definition) is 0. The molecule has 0 saturated carbocycles. The summed E-state index contributed by atoms with van der Waals surface area (Å²) < 4.78 is 13.0. The average Bonchev–Trinajstić information content (AvgIpc) is 2.24. The van der Waals surface area contributed by atoms with E-state index in [0.717, 1.165) is 12.3 Å². The van der Waals surface area contributed by atoms with Gasteiger partial charge in [-0.1, -0.05) is 33.6 Å². The van der Waals surface area contributed by atoms with E-state index in [1.165, 1.54) is 26.7 Å². The van der Waals surface area contributed by atoms with Crippen LogP contribution in [0.5, 0.6) is 0 Å². The monoisotopic (exact) mass is 245 g/mol. The topological polar surface area (TPSA) is 20.3 Å². The zero-order chi connectivity index (χ0) is 13.4. The van der Waals surface area contributed by atoms with Crippen molar-refractivity contribution in [3.8, 4) is 0 Å². The van der Waals surface area contributed by atoms with Crippen LogP contribution in [0, 0.1) is 11.8 Å². The smallest absolute Gasteiger partial charge is 0.219 e. The average molecular weight is 245 g/mol. The van der Waals surface area contributed by atoms with Crippen molar-refractivity contribution in [2.45, 2.75) is 60.1 Å². The molecule has 0 aliphatic rings. The first-order chi connectivity index (χ1) is 7.90. The van der Waals surface area contributed by atoms with E-state index in [-0.39, 0.29) is 12.5 Å². The second-order valence-electron chi connectivity index (χ2n) is 5.23. The molecular formula is C14H28FNO. The Kier molecular flexibility index (Phi) is 8.19. The van der Waals surface area contributed by atoms with Crippen LogP contribution in [-0.4, -0.2) is 30.1 Å². The van der Waals surface area contributed by atoms with E-state index in [1.807, 2.05) is 0 Å². The fraction of sp³-hybridized carbons (Fsp3) is 0.929. The molecule has 2 unspecified atom stereocenters. The molecular weight excluding hydrogens is 217 g/mol. The highest BCUT2D eigenvalue weighted by Crippen LogP contribution is 2.19. The van der Waals surface area contributed by atoms with Gasteiger partial charge >= 0.3 is 0 Å². The van der Waals surface area contributed by atoms with Crippen LogP contribution in [0.4, 0.5) is 4.39 Å². The van der Waals surface area contributed by atoms with E-state index in [9.17, 15) is 9.18 Å². The van der Waals surface area contributed by atoms with Gasteiger partial charge in [0.25, 0.3) is 0 Å². The van der Waals surface area contributed by atoms with Crippen molar-refractivity contribution in [1.29, 1.82) is 0 Å². The number of nitrogens with zero attached hydrogens (tertiary/aromatic N) is 1. The molecule has 0 spiro atoms. The van der Waals surface area contributed by atoms with E-state index in [0.29, 0.717) is 12.5 Å². The molecule has 2 atom stereocenters. The van der Waals surface area contributed by atoms with Gasteiger partial charge in [0.05, 0.1) is 6.54 Å². The predicted octanol–water partition coefficient (Wildman–Crippen LogP) is 3.66. The second-order valence-corrected chi connectivity index (χ2v) is 5.23. The first kappa shape index (κ1) is 16.4. The van der Waals surface area contributed by atoms with Crippen LogP contribution < -0.4 is 0 Å². The van der Waals surface area contributed by atoms with Gasteiger partial charge in [0.1, 0.15) is 6.17 Å². The highest BCUT2D eigenvalue weighted by Gasteiger charge is 2.17. The fourth-order valence-electron chi connectivity index (χ4n) is 2.28. The van der Waals surface area contributed by atoms with Crippen LogP contribution in [-0.2, 0) is 4.79 Å². The number of hydrogen-bond acceptors (Lipinski definition) is 1. The summed E-state index contributed by atoms with van der Waals surface area (Å²) in [7, 11) is 0. The Labute approximate surface area is 106 Å². The van der Waals surface area contributed by atoms with Crippen molar-refractivity contribution in [3.63, 3.8) is 0 Å². The molecule has 0 aliphatic heterocycles. The van der Waals surface area contributed by atoms with Gasteiger partial charge in [-0.25, -0.2) is 4.39 Å². The molecule has 0 saturated heterocycles. The molecule has 0 radical (unpaired) electrons. The quantitative estimate of drug-likeness (QED) is 0.639. The molecule has 0 aromatic rings. The summed E-state index contributed by atoms with van der Waals surface area (Å²) in [6, 6.07) is 0. The number of alkyl halides is 1. The molecule has 0 bridgehead atoms. The molecule has 2 nitrogen and oxygen atoms in total. The van der Waals surface area contributed by atoms with E-state index in [2.05, 4.69) is 20.8 Å². The lowest BCUT2D eigenvalue weighted by Crippen LogP contribution is -2.37. The summed E-state index contributed by atoms with van der Waals surface area (Å²) in [5.41, 5.74) is 0. The third kappa shape index (κ3) is 7.35. The minimum absolute atomic E-state index is 0.0223. The van der Waals surface area contributed by atoms with Gasteiger partial charge in [-0.2, -0.15) is 0 Å². The van der Waals surface area contributed by atoms with Crippen LogP contribution in [0.15, 0.2) is 0 Å². The summed E-state index contributed by atoms with van der Waals surface area (Å²) in [5, 5.41) is 0. The lowest BCUT2D eigenvalue weighted by atomic mass is 9.91. The number of halogens is 1. The zero-order valence-electron chi connectivity index (χ0n) is 12.0. The zero-order valence-corrected chi connectivity index (χ0v) is 12.0. The van der Waals surface area contributed by atoms with Crippen LogP contribution in [0.3, 0.4) is 0 Å². The van der Waals surface area contributed by atoms with Gasteiger partial charge in [0.15, 0.2) is 0 Å². The Bertz CT molecular complexity index is 214. The molecule has 1 amide bonds. The highest BCUT2D eigenvalue weighted by molar-refractivity contribution is 5.73. The van der Waals surface area contributed by atoms with E-state index < -0.39 is 6.17 Å². The number of rotatable bonds is 8. The van der Waals surface area contributed by atoms with E-state index in [4.69, 9.17) is 0 Å². The van der Waals surface area contributed by atoms with Gasteiger partial charge in [-0.15, -0.1) is 0 Å². The molecule has 0 aromatic carbocycles. The molecule has 0 heterocycles. The summed E-state index contributed by atoms with van der Waals surface area (Å²) in [6.07, 6.45) is 2.54. The third-order valence-electron chi connectivity index (χ3n) is 3.34. The lowest BCUT2D eigenvalue weighted by molar-refractivity contribution is -0.130. The maximum atomic E-state index is 13.0. The van der Waals surface area contributed by atoms with Gasteiger partial charge in [0, 0.05) is 13.5 Å². The first-order valence-electron chi connectivity index (χ1n) is 6.80. The summed E-state index contributed by atoms with van der Waals surface area (Å²) in [6.45, 7) is 10.5. The molecule has 0 fully saturated rings. The second kappa shape index (κ2) is 8.48. The number of amides is 1. The van der Waals surface area contributed by atoms with Crippen molar-refractivity contribution >= 4 is 5.91 Å². The van der Waals surface area contributed by atoms with Crippen LogP contribution in [0.1, 0.15) is 53.9 Å². The van der Waals surface area contributed by atoms with Gasteiger partial charge in [-0.05, 0) is 25.2 Å². The highest BCUT2D eigenvalue weighted by atomic mass is 19.1. The van der Waals surface area contributed by atoms with Crippen molar-refractivity contribution in [2.75, 3.05) is 13.1 Å². The van der Waals surface area contributed by atoms with Crippen LogP contribution >= 0.6 is 0 Å². The fourth-order valence-corrected chi connectivity index (χ4v) is 2.28. The lowest BCUT2D eigenvalue weighted by Gasteiger charge is -2.27. The predicted molar refractivity (Wildman–Crippen MR) is 70.7 cm³/mol. The Morgan fingerprint density at radius 2 is 1.71 bits per heavy atom. The van der Waals surface area contributed by atoms with Crippen molar-refractivity contribution in [3.05, 3.63) is 0 Å². The van der Waals surface area contributed by atoms with Gasteiger partial charge in [-0.3, -0.25) is 4.79 Å². The molecule has 102 valence electrons. The standard InChI is InChI=1S/C14H28FNO/c1-6-14(7-2)8-11(3)9-16(13(5)17)10-12(4)15/h11-12,14H,6-10H2,1-5H3. The SMILES string of the molecule is CCC(CC)CC(C)CN(CC(C)F)C(C)=O. The Morgan fingerprint density at radius 1 is 1.18 bits per heavy atom.